The normalized spacial score (nSPS) is 17.8. The van der Waals surface area contributed by atoms with Crippen molar-refractivity contribution in [3.63, 3.8) is 0 Å². The molecule has 0 spiro atoms. The molecule has 4 rings (SSSR count). The summed E-state index contributed by atoms with van der Waals surface area (Å²) in [5, 5.41) is 10.3. The minimum atomic E-state index is -0.198. The zero-order valence-electron chi connectivity index (χ0n) is 16.6. The van der Waals surface area contributed by atoms with Gasteiger partial charge in [0, 0.05) is 36.0 Å². The van der Waals surface area contributed by atoms with E-state index in [2.05, 4.69) is 20.4 Å². The lowest BCUT2D eigenvalue weighted by Crippen LogP contribution is -2.24. The summed E-state index contributed by atoms with van der Waals surface area (Å²) < 4.78 is 12.3. The second-order valence-corrected chi connectivity index (χ2v) is 8.13. The van der Waals surface area contributed by atoms with Crippen LogP contribution in [0.15, 0.2) is 34.6 Å². The summed E-state index contributed by atoms with van der Waals surface area (Å²) in [5.74, 6) is 1.96. The summed E-state index contributed by atoms with van der Waals surface area (Å²) in [6, 6.07) is 5.58. The number of aryl methyl sites for hydroxylation is 2. The number of methoxy groups -OCH3 is 1. The van der Waals surface area contributed by atoms with Crippen LogP contribution in [-0.2, 0) is 13.6 Å². The van der Waals surface area contributed by atoms with Crippen molar-refractivity contribution in [2.75, 3.05) is 19.0 Å². The molecule has 0 aliphatic heterocycles. The molecule has 0 aromatic carbocycles. The van der Waals surface area contributed by atoms with Crippen molar-refractivity contribution in [3.05, 3.63) is 56.5 Å². The fourth-order valence-corrected chi connectivity index (χ4v) is 3.78. The van der Waals surface area contributed by atoms with Gasteiger partial charge in [-0.25, -0.2) is 9.67 Å². The fourth-order valence-electron chi connectivity index (χ4n) is 3.17. The van der Waals surface area contributed by atoms with Gasteiger partial charge in [-0.1, -0.05) is 0 Å². The Balaban J connectivity index is 1.36. The first-order chi connectivity index (χ1) is 14.0. The average molecular weight is 414 g/mol. The number of aromatic nitrogens is 4. The summed E-state index contributed by atoms with van der Waals surface area (Å²) in [6.07, 6.45) is 2.77. The second kappa shape index (κ2) is 8.20. The fraction of sp³-hybridized carbons (Fsp3) is 0.400. The van der Waals surface area contributed by atoms with Gasteiger partial charge in [0.25, 0.3) is 5.56 Å². The largest absolute Gasteiger partial charge is 0.495 e. The van der Waals surface area contributed by atoms with E-state index in [-0.39, 0.29) is 5.56 Å². The molecule has 2 atom stereocenters. The molecule has 0 radical (unpaired) electrons. The Labute approximate surface area is 172 Å². The van der Waals surface area contributed by atoms with Crippen molar-refractivity contribution in [3.8, 4) is 11.6 Å². The van der Waals surface area contributed by atoms with Crippen LogP contribution in [0, 0.1) is 12.8 Å². The molecule has 9 heteroatoms. The molecule has 3 heterocycles. The van der Waals surface area contributed by atoms with Crippen LogP contribution in [0.25, 0.3) is 0 Å². The molecule has 0 bridgehead atoms. The molecule has 152 valence electrons. The van der Waals surface area contributed by atoms with Gasteiger partial charge in [0.1, 0.15) is 11.4 Å². The minimum absolute atomic E-state index is 0.198. The Hall–Kier alpha value is -2.94. The van der Waals surface area contributed by atoms with Crippen molar-refractivity contribution in [2.24, 2.45) is 13.0 Å². The molecular formula is C20H23N5O3S. The molecule has 29 heavy (non-hydrogen) atoms. The summed E-state index contributed by atoms with van der Waals surface area (Å²) in [6.45, 7) is 2.98. The van der Waals surface area contributed by atoms with Crippen LogP contribution >= 0.6 is 11.3 Å². The van der Waals surface area contributed by atoms with Crippen LogP contribution in [0.1, 0.15) is 28.7 Å². The quantitative estimate of drug-likeness (QED) is 0.607. The van der Waals surface area contributed by atoms with Crippen LogP contribution < -0.4 is 20.3 Å². The minimum Gasteiger partial charge on any atom is -0.495 e. The van der Waals surface area contributed by atoms with E-state index in [0.29, 0.717) is 36.6 Å². The molecule has 2 unspecified atom stereocenters. The van der Waals surface area contributed by atoms with Crippen molar-refractivity contribution in [2.45, 2.75) is 25.8 Å². The number of nitrogens with one attached hydrogen (secondary N) is 1. The summed E-state index contributed by atoms with van der Waals surface area (Å²) in [5.41, 5.74) is 2.21. The van der Waals surface area contributed by atoms with E-state index in [1.165, 1.54) is 4.68 Å². The van der Waals surface area contributed by atoms with Crippen LogP contribution in [0.2, 0.25) is 0 Å². The van der Waals surface area contributed by atoms with Gasteiger partial charge in [-0.3, -0.25) is 9.78 Å². The maximum atomic E-state index is 12.3. The van der Waals surface area contributed by atoms with Gasteiger partial charge in [0.15, 0.2) is 0 Å². The van der Waals surface area contributed by atoms with Gasteiger partial charge in [-0.2, -0.15) is 0 Å². The molecule has 8 nitrogen and oxygen atoms in total. The molecular weight excluding hydrogens is 390 g/mol. The summed E-state index contributed by atoms with van der Waals surface area (Å²) in [4.78, 5) is 21.2. The predicted molar refractivity (Wildman–Crippen MR) is 111 cm³/mol. The van der Waals surface area contributed by atoms with Crippen LogP contribution in [0.5, 0.6) is 11.6 Å². The van der Waals surface area contributed by atoms with E-state index >= 15 is 0 Å². The zero-order valence-corrected chi connectivity index (χ0v) is 17.4. The smallest absolute Gasteiger partial charge is 0.290 e. The predicted octanol–water partition coefficient (Wildman–Crippen LogP) is 2.74. The molecule has 1 saturated carbocycles. The van der Waals surface area contributed by atoms with E-state index in [4.69, 9.17) is 9.47 Å². The lowest BCUT2D eigenvalue weighted by atomic mass is 10.2. The Morgan fingerprint density at radius 2 is 2.24 bits per heavy atom. The highest BCUT2D eigenvalue weighted by Gasteiger charge is 2.40. The Morgan fingerprint density at radius 1 is 1.38 bits per heavy atom. The van der Waals surface area contributed by atoms with Gasteiger partial charge in [0.2, 0.25) is 5.88 Å². The Kier molecular flexibility index (Phi) is 5.48. The van der Waals surface area contributed by atoms with E-state index in [9.17, 15) is 4.79 Å². The van der Waals surface area contributed by atoms with Gasteiger partial charge in [-0.05, 0) is 25.5 Å². The number of ether oxygens (including phenoxy) is 2. The third-order valence-corrected chi connectivity index (χ3v) is 5.73. The van der Waals surface area contributed by atoms with E-state index in [0.717, 1.165) is 28.6 Å². The molecule has 3 aromatic rings. The molecule has 0 amide bonds. The van der Waals surface area contributed by atoms with Gasteiger partial charge < -0.3 is 14.8 Å². The summed E-state index contributed by atoms with van der Waals surface area (Å²) >= 11 is 1.59. The Morgan fingerprint density at radius 3 is 2.93 bits per heavy atom. The molecule has 1 N–H and O–H groups in total. The number of pyridine rings is 1. The van der Waals surface area contributed by atoms with E-state index < -0.39 is 0 Å². The van der Waals surface area contributed by atoms with Gasteiger partial charge >= 0.3 is 0 Å². The maximum Gasteiger partial charge on any atom is 0.290 e. The Bertz CT molecular complexity index is 1050. The SMILES string of the molecule is COc1ccc(C2CC2COc2cc(NCc3csc(C)n3)c(=O)n(C)n2)nc1. The first-order valence-corrected chi connectivity index (χ1v) is 10.3. The second-order valence-electron chi connectivity index (χ2n) is 7.07. The molecule has 3 aromatic heterocycles. The number of hydrogen-bond acceptors (Lipinski definition) is 8. The number of nitrogens with zero attached hydrogens (tertiary/aromatic N) is 4. The lowest BCUT2D eigenvalue weighted by molar-refractivity contribution is 0.278. The average Bonchev–Trinajstić information content (AvgIpc) is 3.39. The van der Waals surface area contributed by atoms with Crippen molar-refractivity contribution in [1.82, 2.24) is 19.7 Å². The first kappa shape index (κ1) is 19.4. The van der Waals surface area contributed by atoms with Crippen LogP contribution in [-0.4, -0.2) is 33.5 Å². The number of hydrogen-bond donors (Lipinski definition) is 1. The third kappa shape index (κ3) is 4.56. The van der Waals surface area contributed by atoms with E-state index in [1.807, 2.05) is 24.4 Å². The van der Waals surface area contributed by atoms with E-state index in [1.54, 1.807) is 37.8 Å². The van der Waals surface area contributed by atoms with Crippen molar-refractivity contribution < 1.29 is 9.47 Å². The lowest BCUT2D eigenvalue weighted by Gasteiger charge is -2.10. The maximum absolute atomic E-state index is 12.3. The van der Waals surface area contributed by atoms with Crippen molar-refractivity contribution in [1.29, 1.82) is 0 Å². The number of rotatable bonds is 8. The molecule has 1 fully saturated rings. The summed E-state index contributed by atoms with van der Waals surface area (Å²) in [7, 11) is 3.25. The molecule has 1 aliphatic rings. The molecule has 0 saturated heterocycles. The van der Waals surface area contributed by atoms with Crippen molar-refractivity contribution >= 4 is 17.0 Å². The third-order valence-electron chi connectivity index (χ3n) is 4.91. The standard InChI is InChI=1S/C20H23N5O3S/c1-12-23-14(11-29-12)8-21-18-7-19(24-25(2)20(18)26)28-10-13-6-16(13)17-5-4-15(27-3)9-22-17/h4-5,7,9,11,13,16,21H,6,8,10H2,1-3H3. The number of thiazole rings is 1. The van der Waals surface area contributed by atoms with Gasteiger partial charge in [-0.15, -0.1) is 16.4 Å². The highest BCUT2D eigenvalue weighted by Crippen LogP contribution is 2.46. The topological polar surface area (TPSA) is 91.2 Å². The zero-order chi connectivity index (χ0) is 20.4. The first-order valence-electron chi connectivity index (χ1n) is 9.39. The number of anilines is 1. The molecule has 1 aliphatic carbocycles. The highest BCUT2D eigenvalue weighted by atomic mass is 32.1. The van der Waals surface area contributed by atoms with Gasteiger partial charge in [0.05, 0.1) is 37.2 Å². The highest BCUT2D eigenvalue weighted by molar-refractivity contribution is 7.09. The van der Waals surface area contributed by atoms with Crippen LogP contribution in [0.4, 0.5) is 5.69 Å². The monoisotopic (exact) mass is 413 g/mol. The van der Waals surface area contributed by atoms with Crippen LogP contribution in [0.3, 0.4) is 0 Å².